The van der Waals surface area contributed by atoms with Crippen molar-refractivity contribution in [2.45, 2.75) is 13.0 Å². The van der Waals surface area contributed by atoms with Crippen molar-refractivity contribution in [1.29, 1.82) is 0 Å². The molecular weight excluding hydrogens is 268 g/mol. The summed E-state index contributed by atoms with van der Waals surface area (Å²) < 4.78 is 5.67. The Morgan fingerprint density at radius 2 is 1.95 bits per heavy atom. The Morgan fingerprint density at radius 1 is 1.26 bits per heavy atom. The molecule has 1 aromatic heterocycles. The zero-order valence-electron chi connectivity index (χ0n) is 10.1. The van der Waals surface area contributed by atoms with Crippen LogP contribution in [0.15, 0.2) is 42.6 Å². The minimum atomic E-state index is -0.448. The molecule has 0 aliphatic carbocycles. The third-order valence-corrected chi connectivity index (χ3v) is 2.80. The van der Waals surface area contributed by atoms with E-state index in [-0.39, 0.29) is 11.8 Å². The fourth-order valence-electron chi connectivity index (χ4n) is 1.55. The minimum absolute atomic E-state index is 0.0353. The first-order valence-electron chi connectivity index (χ1n) is 5.59. The number of nitrogens with zero attached hydrogens (tertiary/aromatic N) is 2. The Balaban J connectivity index is 2.08. The van der Waals surface area contributed by atoms with E-state index in [0.717, 1.165) is 5.56 Å². The van der Waals surface area contributed by atoms with E-state index in [1.165, 1.54) is 12.1 Å². The summed E-state index contributed by atoms with van der Waals surface area (Å²) in [4.78, 5) is 14.1. The molecule has 0 N–H and O–H groups in total. The summed E-state index contributed by atoms with van der Waals surface area (Å²) in [6.45, 7) is 1.87. The molecule has 2 rings (SSSR count). The second-order valence-electron chi connectivity index (χ2n) is 3.93. The number of non-ortho nitro benzene ring substituents is 1. The van der Waals surface area contributed by atoms with Crippen molar-refractivity contribution >= 4 is 17.3 Å². The van der Waals surface area contributed by atoms with Crippen molar-refractivity contribution in [2.75, 3.05) is 0 Å². The van der Waals surface area contributed by atoms with Gasteiger partial charge in [0.1, 0.15) is 17.0 Å². The Hall–Kier alpha value is -2.14. The SMILES string of the molecule is CC(Oc1ccc([N+](=O)[O-])cc1)c1ccc(Cl)nc1. The highest BCUT2D eigenvalue weighted by Gasteiger charge is 2.09. The first kappa shape index (κ1) is 13.3. The van der Waals surface area contributed by atoms with Gasteiger partial charge >= 0.3 is 0 Å². The van der Waals surface area contributed by atoms with Gasteiger partial charge in [-0.1, -0.05) is 17.7 Å². The maximum absolute atomic E-state index is 10.5. The highest BCUT2D eigenvalue weighted by Crippen LogP contribution is 2.23. The fraction of sp³-hybridized carbons (Fsp3) is 0.154. The van der Waals surface area contributed by atoms with E-state index in [1.54, 1.807) is 24.4 Å². The van der Waals surface area contributed by atoms with Crippen molar-refractivity contribution in [3.05, 3.63) is 63.4 Å². The Kier molecular flexibility index (Phi) is 3.97. The zero-order valence-corrected chi connectivity index (χ0v) is 10.9. The average molecular weight is 279 g/mol. The van der Waals surface area contributed by atoms with E-state index in [0.29, 0.717) is 10.9 Å². The van der Waals surface area contributed by atoms with Crippen LogP contribution in [0.3, 0.4) is 0 Å². The minimum Gasteiger partial charge on any atom is -0.486 e. The largest absolute Gasteiger partial charge is 0.486 e. The number of nitro groups is 1. The van der Waals surface area contributed by atoms with Crippen LogP contribution in [0.4, 0.5) is 5.69 Å². The number of rotatable bonds is 4. The summed E-state index contributed by atoms with van der Waals surface area (Å²) >= 11 is 5.71. The van der Waals surface area contributed by atoms with Crippen molar-refractivity contribution in [2.24, 2.45) is 0 Å². The second-order valence-corrected chi connectivity index (χ2v) is 4.31. The molecule has 1 aromatic carbocycles. The summed E-state index contributed by atoms with van der Waals surface area (Å²) in [7, 11) is 0. The van der Waals surface area contributed by atoms with Gasteiger partial charge in [-0.15, -0.1) is 0 Å². The average Bonchev–Trinajstić information content (AvgIpc) is 2.40. The lowest BCUT2D eigenvalue weighted by atomic mass is 10.2. The molecule has 0 saturated carbocycles. The number of aromatic nitrogens is 1. The lowest BCUT2D eigenvalue weighted by Crippen LogP contribution is -2.03. The molecule has 1 unspecified atom stereocenters. The van der Waals surface area contributed by atoms with Gasteiger partial charge in [-0.3, -0.25) is 10.1 Å². The van der Waals surface area contributed by atoms with Gasteiger partial charge in [0.05, 0.1) is 4.92 Å². The van der Waals surface area contributed by atoms with Crippen molar-refractivity contribution in [3.63, 3.8) is 0 Å². The lowest BCUT2D eigenvalue weighted by molar-refractivity contribution is -0.384. The van der Waals surface area contributed by atoms with E-state index in [9.17, 15) is 10.1 Å². The highest BCUT2D eigenvalue weighted by atomic mass is 35.5. The monoisotopic (exact) mass is 278 g/mol. The number of ether oxygens (including phenoxy) is 1. The van der Waals surface area contributed by atoms with Gasteiger partial charge in [-0.25, -0.2) is 4.98 Å². The molecule has 0 amide bonds. The molecule has 0 bridgehead atoms. The second kappa shape index (κ2) is 5.67. The van der Waals surface area contributed by atoms with Crippen LogP contribution >= 0.6 is 11.6 Å². The maximum atomic E-state index is 10.5. The molecule has 0 saturated heterocycles. The molecule has 5 nitrogen and oxygen atoms in total. The quantitative estimate of drug-likeness (QED) is 0.485. The van der Waals surface area contributed by atoms with E-state index in [1.807, 2.05) is 13.0 Å². The third-order valence-electron chi connectivity index (χ3n) is 2.58. The van der Waals surface area contributed by atoms with Crippen LogP contribution in [0.5, 0.6) is 5.75 Å². The Bertz CT molecular complexity index is 569. The molecule has 6 heteroatoms. The molecule has 0 spiro atoms. The third kappa shape index (κ3) is 3.42. The van der Waals surface area contributed by atoms with E-state index in [2.05, 4.69) is 4.98 Å². The standard InChI is InChI=1S/C13H11ClN2O3/c1-9(10-2-7-13(14)15-8-10)19-12-5-3-11(4-6-12)16(17)18/h2-9H,1H3. The summed E-state index contributed by atoms with van der Waals surface area (Å²) in [6.07, 6.45) is 1.42. The molecular formula is C13H11ClN2O3. The van der Waals surface area contributed by atoms with E-state index >= 15 is 0 Å². The highest BCUT2D eigenvalue weighted by molar-refractivity contribution is 6.29. The number of hydrogen-bond acceptors (Lipinski definition) is 4. The van der Waals surface area contributed by atoms with Crippen LogP contribution < -0.4 is 4.74 Å². The number of halogens is 1. The molecule has 1 heterocycles. The zero-order chi connectivity index (χ0) is 13.8. The van der Waals surface area contributed by atoms with Gasteiger partial charge in [0.15, 0.2) is 0 Å². The molecule has 0 aliphatic heterocycles. The smallest absolute Gasteiger partial charge is 0.269 e. The first-order valence-corrected chi connectivity index (χ1v) is 5.96. The van der Waals surface area contributed by atoms with Crippen LogP contribution in [-0.2, 0) is 0 Å². The number of pyridine rings is 1. The summed E-state index contributed by atoms with van der Waals surface area (Å²) in [5, 5.41) is 11.0. The molecule has 2 aromatic rings. The summed E-state index contributed by atoms with van der Waals surface area (Å²) in [6, 6.07) is 9.46. The molecule has 19 heavy (non-hydrogen) atoms. The molecule has 0 radical (unpaired) electrons. The number of benzene rings is 1. The van der Waals surface area contributed by atoms with E-state index < -0.39 is 4.92 Å². The van der Waals surface area contributed by atoms with Crippen LogP contribution in [0.1, 0.15) is 18.6 Å². The van der Waals surface area contributed by atoms with Crippen molar-refractivity contribution in [3.8, 4) is 5.75 Å². The summed E-state index contributed by atoms with van der Waals surface area (Å²) in [5.41, 5.74) is 0.913. The first-order chi connectivity index (χ1) is 9.06. The van der Waals surface area contributed by atoms with Gasteiger partial charge in [0.2, 0.25) is 0 Å². The topological polar surface area (TPSA) is 65.3 Å². The van der Waals surface area contributed by atoms with Crippen LogP contribution in [-0.4, -0.2) is 9.91 Å². The predicted molar refractivity (Wildman–Crippen MR) is 71.4 cm³/mol. The van der Waals surface area contributed by atoms with Crippen LogP contribution in [0.25, 0.3) is 0 Å². The van der Waals surface area contributed by atoms with Crippen LogP contribution in [0.2, 0.25) is 5.15 Å². The van der Waals surface area contributed by atoms with Crippen molar-refractivity contribution in [1.82, 2.24) is 4.98 Å². The predicted octanol–water partition coefficient (Wildman–Crippen LogP) is 3.78. The number of hydrogen-bond donors (Lipinski definition) is 0. The molecule has 0 aliphatic rings. The Labute approximate surface area is 115 Å². The molecule has 98 valence electrons. The van der Waals surface area contributed by atoms with Crippen LogP contribution in [0, 0.1) is 10.1 Å². The van der Waals surface area contributed by atoms with Gasteiger partial charge in [-0.2, -0.15) is 0 Å². The van der Waals surface area contributed by atoms with Gasteiger partial charge in [0.25, 0.3) is 5.69 Å². The van der Waals surface area contributed by atoms with Crippen molar-refractivity contribution < 1.29 is 9.66 Å². The molecule has 1 atom stereocenters. The van der Waals surface area contributed by atoms with Gasteiger partial charge < -0.3 is 4.74 Å². The fourth-order valence-corrected chi connectivity index (χ4v) is 1.66. The lowest BCUT2D eigenvalue weighted by Gasteiger charge is -2.14. The van der Waals surface area contributed by atoms with Gasteiger partial charge in [-0.05, 0) is 25.1 Å². The Morgan fingerprint density at radius 3 is 2.47 bits per heavy atom. The maximum Gasteiger partial charge on any atom is 0.269 e. The normalized spacial score (nSPS) is 11.9. The van der Waals surface area contributed by atoms with Gasteiger partial charge in [0, 0.05) is 23.9 Å². The molecule has 0 fully saturated rings. The number of nitro benzene ring substituents is 1. The van der Waals surface area contributed by atoms with E-state index in [4.69, 9.17) is 16.3 Å². The summed E-state index contributed by atoms with van der Waals surface area (Å²) in [5.74, 6) is 0.563.